The number of carbonyl (C=O) groups is 2. The average molecular weight is 305 g/mol. The van der Waals surface area contributed by atoms with Gasteiger partial charge in [-0.1, -0.05) is 30.3 Å². The van der Waals surface area contributed by atoms with E-state index < -0.39 is 12.0 Å². The third kappa shape index (κ3) is 5.15. The van der Waals surface area contributed by atoms with Crippen LogP contribution in [0.4, 0.5) is 0 Å². The molecule has 0 aliphatic carbocycles. The van der Waals surface area contributed by atoms with E-state index in [-0.39, 0.29) is 24.5 Å². The van der Waals surface area contributed by atoms with E-state index >= 15 is 0 Å². The molecule has 1 amide bonds. The quantitative estimate of drug-likeness (QED) is 0.812. The lowest BCUT2D eigenvalue weighted by molar-refractivity contribution is -0.137. The van der Waals surface area contributed by atoms with Crippen molar-refractivity contribution in [3.8, 4) is 0 Å². The molecule has 0 radical (unpaired) electrons. The number of carboxylic acids is 1. The molecule has 1 aromatic carbocycles. The molecule has 5 heteroatoms. The molecule has 1 heterocycles. The zero-order chi connectivity index (χ0) is 15.9. The van der Waals surface area contributed by atoms with Crippen LogP contribution in [0, 0.1) is 0 Å². The van der Waals surface area contributed by atoms with E-state index in [4.69, 9.17) is 9.84 Å². The molecule has 0 saturated carbocycles. The van der Waals surface area contributed by atoms with Crippen molar-refractivity contribution in [2.45, 2.75) is 57.3 Å². The largest absolute Gasteiger partial charge is 0.481 e. The molecular weight excluding hydrogens is 282 g/mol. The molecule has 0 unspecified atom stereocenters. The third-order valence-electron chi connectivity index (χ3n) is 3.93. The Bertz CT molecular complexity index is 503. The molecule has 1 saturated heterocycles. The summed E-state index contributed by atoms with van der Waals surface area (Å²) >= 11 is 0. The van der Waals surface area contributed by atoms with E-state index in [9.17, 15) is 9.59 Å². The number of ether oxygens (including phenoxy) is 1. The third-order valence-corrected chi connectivity index (χ3v) is 3.93. The van der Waals surface area contributed by atoms with Crippen LogP contribution < -0.4 is 5.32 Å². The number of carboxylic acid groups (broad SMARTS) is 1. The number of hydrogen-bond acceptors (Lipinski definition) is 3. The normalized spacial score (nSPS) is 22.2. The summed E-state index contributed by atoms with van der Waals surface area (Å²) in [7, 11) is 0. The van der Waals surface area contributed by atoms with Crippen molar-refractivity contribution in [3.63, 3.8) is 0 Å². The van der Waals surface area contributed by atoms with Gasteiger partial charge in [-0.2, -0.15) is 0 Å². The van der Waals surface area contributed by atoms with Crippen LogP contribution in [0.1, 0.15) is 50.6 Å². The second kappa shape index (κ2) is 7.94. The molecule has 0 spiro atoms. The summed E-state index contributed by atoms with van der Waals surface area (Å²) in [5.41, 5.74) is 0.809. The number of carbonyl (C=O) groups excluding carboxylic acids is 1. The summed E-state index contributed by atoms with van der Waals surface area (Å²) in [5, 5.41) is 11.8. The molecule has 1 aromatic rings. The van der Waals surface area contributed by atoms with Gasteiger partial charge in [0.05, 0.1) is 24.7 Å². The van der Waals surface area contributed by atoms with Gasteiger partial charge in [0.2, 0.25) is 5.91 Å². The molecule has 5 nitrogen and oxygen atoms in total. The average Bonchev–Trinajstić information content (AvgIpc) is 2.91. The molecule has 3 atom stereocenters. The van der Waals surface area contributed by atoms with Gasteiger partial charge in [-0.15, -0.1) is 0 Å². The first-order chi connectivity index (χ1) is 10.5. The number of rotatable bonds is 7. The van der Waals surface area contributed by atoms with Crippen LogP contribution >= 0.6 is 0 Å². The van der Waals surface area contributed by atoms with E-state index in [0.29, 0.717) is 12.8 Å². The lowest BCUT2D eigenvalue weighted by atomic mass is 10.0. The second-order valence-electron chi connectivity index (χ2n) is 5.81. The minimum Gasteiger partial charge on any atom is -0.481 e. The number of nitrogens with one attached hydrogen (secondary N) is 1. The zero-order valence-electron chi connectivity index (χ0n) is 12.8. The lowest BCUT2D eigenvalue weighted by Crippen LogP contribution is -2.30. The molecule has 0 aromatic heterocycles. The molecule has 1 fully saturated rings. The van der Waals surface area contributed by atoms with E-state index in [2.05, 4.69) is 5.32 Å². The molecule has 2 rings (SSSR count). The van der Waals surface area contributed by atoms with E-state index in [1.165, 1.54) is 0 Å². The second-order valence-corrected chi connectivity index (χ2v) is 5.81. The number of hydrogen-bond donors (Lipinski definition) is 2. The minimum absolute atomic E-state index is 0.118. The Morgan fingerprint density at radius 2 is 2.05 bits per heavy atom. The van der Waals surface area contributed by atoms with Crippen LogP contribution in [0.2, 0.25) is 0 Å². The molecule has 22 heavy (non-hydrogen) atoms. The Morgan fingerprint density at radius 3 is 2.64 bits per heavy atom. The van der Waals surface area contributed by atoms with Crippen LogP contribution in [0.3, 0.4) is 0 Å². The minimum atomic E-state index is -0.929. The van der Waals surface area contributed by atoms with Crippen molar-refractivity contribution in [2.24, 2.45) is 0 Å². The fraction of sp³-hybridized carbons (Fsp3) is 0.529. The van der Waals surface area contributed by atoms with Gasteiger partial charge in [0.25, 0.3) is 0 Å². The predicted molar refractivity (Wildman–Crippen MR) is 82.4 cm³/mol. The Labute approximate surface area is 130 Å². The van der Waals surface area contributed by atoms with Gasteiger partial charge in [-0.3, -0.25) is 9.59 Å². The number of benzene rings is 1. The summed E-state index contributed by atoms with van der Waals surface area (Å²) in [6, 6.07) is 8.70. The van der Waals surface area contributed by atoms with Gasteiger partial charge in [0.15, 0.2) is 0 Å². The summed E-state index contributed by atoms with van der Waals surface area (Å²) in [5.74, 6) is -1.06. The highest BCUT2D eigenvalue weighted by Gasteiger charge is 2.23. The molecule has 0 bridgehead atoms. The summed E-state index contributed by atoms with van der Waals surface area (Å²) < 4.78 is 5.69. The molecule has 1 aliphatic heterocycles. The monoisotopic (exact) mass is 305 g/mol. The highest BCUT2D eigenvalue weighted by Crippen LogP contribution is 2.23. The van der Waals surface area contributed by atoms with Crippen molar-refractivity contribution >= 4 is 11.9 Å². The number of amides is 1. The van der Waals surface area contributed by atoms with Crippen molar-refractivity contribution in [1.29, 1.82) is 0 Å². The van der Waals surface area contributed by atoms with Crippen molar-refractivity contribution in [1.82, 2.24) is 5.32 Å². The molecule has 2 N–H and O–H groups in total. The first-order valence-electron chi connectivity index (χ1n) is 7.76. The summed E-state index contributed by atoms with van der Waals surface area (Å²) in [6.07, 6.45) is 3.38. The van der Waals surface area contributed by atoms with Crippen molar-refractivity contribution in [3.05, 3.63) is 35.9 Å². The first-order valence-corrected chi connectivity index (χ1v) is 7.76. The molecule has 1 aliphatic rings. The Hall–Kier alpha value is -1.88. The van der Waals surface area contributed by atoms with E-state index in [0.717, 1.165) is 18.4 Å². The maximum Gasteiger partial charge on any atom is 0.305 e. The van der Waals surface area contributed by atoms with Gasteiger partial charge >= 0.3 is 5.97 Å². The molecular formula is C17H23NO4. The smallest absolute Gasteiger partial charge is 0.305 e. The predicted octanol–water partition coefficient (Wildman–Crippen LogP) is 2.67. The maximum atomic E-state index is 12.1. The van der Waals surface area contributed by atoms with Crippen LogP contribution in [0.25, 0.3) is 0 Å². The Balaban J connectivity index is 1.86. The fourth-order valence-corrected chi connectivity index (χ4v) is 2.77. The Morgan fingerprint density at radius 1 is 1.32 bits per heavy atom. The van der Waals surface area contributed by atoms with Crippen LogP contribution in [0.5, 0.6) is 0 Å². The maximum absolute atomic E-state index is 12.1. The highest BCUT2D eigenvalue weighted by atomic mass is 16.5. The van der Waals surface area contributed by atoms with Gasteiger partial charge in [0.1, 0.15) is 0 Å². The topological polar surface area (TPSA) is 75.6 Å². The molecule has 120 valence electrons. The Kier molecular flexibility index (Phi) is 5.95. The fourth-order valence-electron chi connectivity index (χ4n) is 2.77. The van der Waals surface area contributed by atoms with E-state index in [1.54, 1.807) is 0 Å². The van der Waals surface area contributed by atoms with Crippen LogP contribution in [-0.4, -0.2) is 29.2 Å². The zero-order valence-corrected chi connectivity index (χ0v) is 12.8. The highest BCUT2D eigenvalue weighted by molar-refractivity contribution is 5.77. The lowest BCUT2D eigenvalue weighted by Gasteiger charge is -2.18. The van der Waals surface area contributed by atoms with Crippen molar-refractivity contribution in [2.75, 3.05) is 0 Å². The van der Waals surface area contributed by atoms with Crippen LogP contribution in [-0.2, 0) is 14.3 Å². The van der Waals surface area contributed by atoms with Gasteiger partial charge < -0.3 is 15.2 Å². The summed E-state index contributed by atoms with van der Waals surface area (Å²) in [6.45, 7) is 2.04. The first kappa shape index (κ1) is 16.5. The summed E-state index contributed by atoms with van der Waals surface area (Å²) in [4.78, 5) is 23.1. The SMILES string of the molecule is C[C@@H]1CC[C@H](CCC(=O)N[C@H](CC(=O)O)c2ccccc2)O1. The van der Waals surface area contributed by atoms with Gasteiger partial charge in [-0.05, 0) is 31.7 Å². The van der Waals surface area contributed by atoms with Gasteiger partial charge in [-0.25, -0.2) is 0 Å². The van der Waals surface area contributed by atoms with Gasteiger partial charge in [0, 0.05) is 6.42 Å². The number of aliphatic carboxylic acids is 1. The van der Waals surface area contributed by atoms with Crippen LogP contribution in [0.15, 0.2) is 30.3 Å². The standard InChI is InChI=1S/C17H23NO4/c1-12-7-8-14(22-12)9-10-16(19)18-15(11-17(20)21)13-5-3-2-4-6-13/h2-6,12,14-15H,7-11H2,1H3,(H,18,19)(H,20,21)/t12-,14-,15-/m1/s1. The van der Waals surface area contributed by atoms with E-state index in [1.807, 2.05) is 37.3 Å². The van der Waals surface area contributed by atoms with Crippen molar-refractivity contribution < 1.29 is 19.4 Å².